The van der Waals surface area contributed by atoms with Gasteiger partial charge in [0.05, 0.1) is 17.0 Å². The van der Waals surface area contributed by atoms with Gasteiger partial charge in [-0.15, -0.1) is 0 Å². The van der Waals surface area contributed by atoms with Gasteiger partial charge in [-0.1, -0.05) is 60.3 Å². The number of ether oxygens (including phenoxy) is 1. The lowest BCUT2D eigenvalue weighted by Gasteiger charge is -2.27. The summed E-state index contributed by atoms with van der Waals surface area (Å²) in [6, 6.07) is 13.6. The number of amides is 1. The predicted octanol–water partition coefficient (Wildman–Crippen LogP) is 5.69. The van der Waals surface area contributed by atoms with Crippen molar-refractivity contribution in [2.45, 2.75) is 52.0 Å². The average Bonchev–Trinajstić information content (AvgIpc) is 3.39. The molecule has 0 atom stereocenters. The molecule has 42 heavy (non-hydrogen) atoms. The number of aromatic nitrogens is 4. The van der Waals surface area contributed by atoms with Crippen LogP contribution < -0.4 is 11.0 Å². The van der Waals surface area contributed by atoms with Gasteiger partial charge in [-0.05, 0) is 51.0 Å². The fourth-order valence-corrected chi connectivity index (χ4v) is 5.84. The van der Waals surface area contributed by atoms with Gasteiger partial charge in [0, 0.05) is 17.8 Å². The van der Waals surface area contributed by atoms with E-state index in [1.807, 2.05) is 0 Å². The first-order valence-corrected chi connectivity index (χ1v) is 14.3. The normalized spacial score (nSPS) is 14.5. The van der Waals surface area contributed by atoms with Crippen molar-refractivity contribution in [1.29, 1.82) is 0 Å². The van der Waals surface area contributed by atoms with Crippen molar-refractivity contribution in [2.75, 3.05) is 6.61 Å². The van der Waals surface area contributed by atoms with Gasteiger partial charge in [-0.3, -0.25) is 14.0 Å². The van der Waals surface area contributed by atoms with E-state index in [-0.39, 0.29) is 51.7 Å². The molecule has 0 aliphatic heterocycles. The fourth-order valence-electron chi connectivity index (χ4n) is 5.61. The lowest BCUT2D eigenvalue weighted by molar-refractivity contribution is 0.0523. The fraction of sp³-hybridized carbons (Fsp3) is 0.290. The van der Waals surface area contributed by atoms with Crippen molar-refractivity contribution in [1.82, 2.24) is 19.1 Å². The van der Waals surface area contributed by atoms with E-state index < -0.39 is 11.9 Å². The van der Waals surface area contributed by atoms with E-state index in [0.717, 1.165) is 32.1 Å². The number of carbonyl (C=O) groups is 2. The summed E-state index contributed by atoms with van der Waals surface area (Å²) in [4.78, 5) is 50.5. The maximum Gasteiger partial charge on any atom is 0.341 e. The Bertz CT molecular complexity index is 1980. The monoisotopic (exact) mass is 585 g/mol. The molecule has 1 fully saturated rings. The summed E-state index contributed by atoms with van der Waals surface area (Å²) < 4.78 is 14.0. The predicted molar refractivity (Wildman–Crippen MR) is 157 cm³/mol. The van der Waals surface area contributed by atoms with Crippen molar-refractivity contribution < 1.29 is 18.8 Å². The Morgan fingerprint density at radius 3 is 2.64 bits per heavy atom. The molecule has 214 valence electrons. The second kappa shape index (κ2) is 11.4. The molecule has 1 aliphatic rings. The van der Waals surface area contributed by atoms with Crippen molar-refractivity contribution in [2.24, 2.45) is 4.99 Å². The van der Waals surface area contributed by atoms with Gasteiger partial charge >= 0.3 is 5.97 Å². The summed E-state index contributed by atoms with van der Waals surface area (Å²) >= 11 is 6.43. The molecule has 10 nitrogen and oxygen atoms in total. The van der Waals surface area contributed by atoms with Crippen LogP contribution in [-0.4, -0.2) is 37.6 Å². The molecule has 0 spiro atoms. The number of carbonyl (C=O) groups excluding carboxylic acids is 2. The van der Waals surface area contributed by atoms with E-state index in [2.05, 4.69) is 10.1 Å². The van der Waals surface area contributed by atoms with Crippen LogP contribution in [0.3, 0.4) is 0 Å². The Hall–Kier alpha value is -4.57. The second-order valence-corrected chi connectivity index (χ2v) is 10.6. The molecular formula is C31H28ClN5O5. The third-order valence-electron chi connectivity index (χ3n) is 7.58. The molecule has 6 rings (SSSR count). The van der Waals surface area contributed by atoms with Crippen LogP contribution in [0.5, 0.6) is 0 Å². The SMILES string of the molecule is CCOC(=O)c1cc2c(=O)n3ccccc3nc2n(C2CCCCC2)c1=NC(=O)c1c(-c2ccccc2Cl)noc1C. The van der Waals surface area contributed by atoms with Crippen LogP contribution in [0.2, 0.25) is 5.02 Å². The Labute approximate surface area is 245 Å². The summed E-state index contributed by atoms with van der Waals surface area (Å²) in [6.45, 7) is 3.41. The molecule has 0 saturated heterocycles. The van der Waals surface area contributed by atoms with Crippen LogP contribution in [0.1, 0.15) is 71.5 Å². The second-order valence-electron chi connectivity index (χ2n) is 10.2. The lowest BCUT2D eigenvalue weighted by atomic mass is 9.94. The van der Waals surface area contributed by atoms with Crippen molar-refractivity contribution >= 4 is 40.2 Å². The molecule has 4 aromatic heterocycles. The van der Waals surface area contributed by atoms with Crippen molar-refractivity contribution in [3.63, 3.8) is 0 Å². The molecule has 1 aromatic carbocycles. The third kappa shape index (κ3) is 4.81. The summed E-state index contributed by atoms with van der Waals surface area (Å²) in [5.74, 6) is -1.11. The summed E-state index contributed by atoms with van der Waals surface area (Å²) in [5, 5.41) is 4.74. The minimum Gasteiger partial charge on any atom is -0.462 e. The highest BCUT2D eigenvalue weighted by Gasteiger charge is 2.28. The highest BCUT2D eigenvalue weighted by atomic mass is 35.5. The molecule has 0 N–H and O–H groups in total. The maximum atomic E-state index is 14.0. The number of halogens is 1. The zero-order chi connectivity index (χ0) is 29.4. The first kappa shape index (κ1) is 27.6. The Kier molecular flexibility index (Phi) is 7.47. The number of benzene rings is 1. The number of rotatable bonds is 5. The molecule has 0 unspecified atom stereocenters. The first-order valence-electron chi connectivity index (χ1n) is 13.9. The number of fused-ring (bicyclic) bond motifs is 2. The van der Waals surface area contributed by atoms with Gasteiger partial charge < -0.3 is 13.8 Å². The van der Waals surface area contributed by atoms with E-state index in [1.54, 1.807) is 67.1 Å². The number of esters is 1. The molecule has 0 radical (unpaired) electrons. The Morgan fingerprint density at radius 1 is 1.12 bits per heavy atom. The van der Waals surface area contributed by atoms with Crippen LogP contribution in [0.4, 0.5) is 0 Å². The highest BCUT2D eigenvalue weighted by Crippen LogP contribution is 2.32. The highest BCUT2D eigenvalue weighted by molar-refractivity contribution is 6.33. The van der Waals surface area contributed by atoms with Gasteiger partial charge in [-0.25, -0.2) is 9.78 Å². The van der Waals surface area contributed by atoms with Gasteiger partial charge in [0.1, 0.15) is 33.9 Å². The number of pyridine rings is 2. The topological polar surface area (TPSA) is 121 Å². The van der Waals surface area contributed by atoms with E-state index in [0.29, 0.717) is 21.9 Å². The Morgan fingerprint density at radius 2 is 1.88 bits per heavy atom. The molecular weight excluding hydrogens is 558 g/mol. The molecule has 1 aliphatic carbocycles. The van der Waals surface area contributed by atoms with Crippen LogP contribution >= 0.6 is 11.6 Å². The van der Waals surface area contributed by atoms with Gasteiger partial charge in [0.15, 0.2) is 5.49 Å². The zero-order valence-corrected chi connectivity index (χ0v) is 23.9. The smallest absolute Gasteiger partial charge is 0.341 e. The van der Waals surface area contributed by atoms with Gasteiger partial charge in [0.2, 0.25) is 0 Å². The molecule has 0 bridgehead atoms. The summed E-state index contributed by atoms with van der Waals surface area (Å²) in [7, 11) is 0. The van der Waals surface area contributed by atoms with E-state index in [4.69, 9.17) is 25.8 Å². The van der Waals surface area contributed by atoms with E-state index in [9.17, 15) is 14.4 Å². The Balaban J connectivity index is 1.69. The standard InChI is InChI=1S/C31H28ClN5O5/c1-3-41-31(40)22-17-21-27(33-24-15-9-10-16-36(24)30(21)39)37(19-11-5-4-6-12-19)28(22)34-29(38)25-18(2)42-35-26(25)20-13-7-8-14-23(20)32/h7-10,13-17,19H,3-6,11-12H2,1-2H3. The average molecular weight is 586 g/mol. The van der Waals surface area contributed by atoms with Crippen LogP contribution in [0.25, 0.3) is 27.9 Å². The van der Waals surface area contributed by atoms with Crippen LogP contribution in [-0.2, 0) is 4.74 Å². The number of hydrogen-bond donors (Lipinski definition) is 0. The first-order chi connectivity index (χ1) is 20.4. The van der Waals surface area contributed by atoms with Crippen LogP contribution in [0, 0.1) is 6.92 Å². The van der Waals surface area contributed by atoms with E-state index in [1.165, 1.54) is 10.5 Å². The zero-order valence-electron chi connectivity index (χ0n) is 23.2. The molecule has 1 amide bonds. The molecule has 4 heterocycles. The largest absolute Gasteiger partial charge is 0.462 e. The molecule has 1 saturated carbocycles. The minimum atomic E-state index is -0.693. The molecule has 11 heteroatoms. The number of aryl methyl sites for hydroxylation is 1. The molecule has 5 aromatic rings. The van der Waals surface area contributed by atoms with E-state index >= 15 is 0 Å². The van der Waals surface area contributed by atoms with Crippen LogP contribution in [0.15, 0.2) is 69.0 Å². The number of hydrogen-bond acceptors (Lipinski definition) is 7. The van der Waals surface area contributed by atoms with Gasteiger partial charge in [0.25, 0.3) is 11.5 Å². The lowest BCUT2D eigenvalue weighted by Crippen LogP contribution is -2.35. The summed E-state index contributed by atoms with van der Waals surface area (Å²) in [5.41, 5.74) is 1.43. The maximum absolute atomic E-state index is 14.0. The third-order valence-corrected chi connectivity index (χ3v) is 7.91. The van der Waals surface area contributed by atoms with Crippen molar-refractivity contribution in [3.8, 4) is 11.3 Å². The number of nitrogens with zero attached hydrogens (tertiary/aromatic N) is 5. The minimum absolute atomic E-state index is 0.00598. The summed E-state index contributed by atoms with van der Waals surface area (Å²) in [6.07, 6.45) is 6.14. The quantitative estimate of drug-likeness (QED) is 0.192. The van der Waals surface area contributed by atoms with Crippen molar-refractivity contribution in [3.05, 3.63) is 92.5 Å². The van der Waals surface area contributed by atoms with Gasteiger partial charge in [-0.2, -0.15) is 4.99 Å².